The molecule has 3 aliphatic rings. The molecule has 4 rings (SSSR count). The Balaban J connectivity index is 1.75. The molecular weight excluding hydrogens is 485 g/mol. The first-order valence-corrected chi connectivity index (χ1v) is 13.4. The summed E-state index contributed by atoms with van der Waals surface area (Å²) in [5.41, 5.74) is -2.87. The van der Waals surface area contributed by atoms with Gasteiger partial charge in [0, 0.05) is 31.5 Å². The van der Waals surface area contributed by atoms with Gasteiger partial charge in [0.2, 0.25) is 0 Å². The molecule has 1 heterocycles. The van der Waals surface area contributed by atoms with E-state index in [-0.39, 0.29) is 42.3 Å². The third-order valence-electron chi connectivity index (χ3n) is 7.64. The number of ketones is 1. The Morgan fingerprint density at radius 3 is 2.32 bits per heavy atom. The second-order valence-electron chi connectivity index (χ2n) is 11.5. The van der Waals surface area contributed by atoms with Gasteiger partial charge in [0.15, 0.2) is 5.60 Å². The minimum absolute atomic E-state index is 0.0210. The topological polar surface area (TPSA) is 66.9 Å². The zero-order valence-corrected chi connectivity index (χ0v) is 22.1. The molecule has 2 fully saturated rings. The zero-order valence-electron chi connectivity index (χ0n) is 22.1. The van der Waals surface area contributed by atoms with Gasteiger partial charge in [-0.05, 0) is 71.4 Å². The fourth-order valence-electron chi connectivity index (χ4n) is 5.55. The number of fused-ring (bicyclic) bond motifs is 1. The van der Waals surface area contributed by atoms with Gasteiger partial charge in [-0.25, -0.2) is 0 Å². The van der Waals surface area contributed by atoms with Gasteiger partial charge in [0.1, 0.15) is 11.5 Å². The normalized spacial score (nSPS) is 20.0. The van der Waals surface area contributed by atoms with E-state index in [9.17, 15) is 27.6 Å². The van der Waals surface area contributed by atoms with Crippen LogP contribution in [0, 0.1) is 5.92 Å². The smallest absolute Gasteiger partial charge is 0.417 e. The lowest BCUT2D eigenvalue weighted by molar-refractivity contribution is -0.138. The minimum Gasteiger partial charge on any atom is -0.476 e. The number of hydrogen-bond acceptors (Lipinski definition) is 4. The molecule has 2 aliphatic carbocycles. The maximum Gasteiger partial charge on any atom is 0.417 e. The van der Waals surface area contributed by atoms with Crippen molar-refractivity contribution in [2.24, 2.45) is 5.92 Å². The lowest BCUT2D eigenvalue weighted by Gasteiger charge is -2.40. The fourth-order valence-corrected chi connectivity index (χ4v) is 5.55. The predicted molar refractivity (Wildman–Crippen MR) is 134 cm³/mol. The van der Waals surface area contributed by atoms with E-state index in [0.717, 1.165) is 57.1 Å². The Kier molecular flexibility index (Phi) is 7.64. The monoisotopic (exact) mass is 522 g/mol. The summed E-state index contributed by atoms with van der Waals surface area (Å²) in [4.78, 5) is 42.4. The Labute approximate surface area is 216 Å². The van der Waals surface area contributed by atoms with Crippen LogP contribution in [0.4, 0.5) is 18.9 Å². The first-order valence-electron chi connectivity index (χ1n) is 13.4. The van der Waals surface area contributed by atoms with E-state index in [1.165, 1.54) is 18.7 Å². The maximum atomic E-state index is 14.3. The van der Waals surface area contributed by atoms with Crippen molar-refractivity contribution in [2.75, 3.05) is 11.4 Å². The number of halogens is 3. The maximum absolute atomic E-state index is 14.3. The molecule has 1 aliphatic heterocycles. The lowest BCUT2D eigenvalue weighted by Crippen LogP contribution is -2.53. The van der Waals surface area contributed by atoms with Crippen LogP contribution in [0.1, 0.15) is 101 Å². The van der Waals surface area contributed by atoms with E-state index in [1.807, 2.05) is 13.8 Å². The van der Waals surface area contributed by atoms with E-state index < -0.39 is 34.7 Å². The number of Topliss-reactive ketones (excluding diaryl/α,β-unsaturated/α-hetero) is 1. The molecule has 0 atom stereocenters. The second kappa shape index (κ2) is 10.3. The van der Waals surface area contributed by atoms with Crippen LogP contribution in [0.25, 0.3) is 0 Å². The highest BCUT2D eigenvalue weighted by Gasteiger charge is 2.45. The molecule has 9 heteroatoms. The molecule has 0 N–H and O–H groups in total. The summed E-state index contributed by atoms with van der Waals surface area (Å²) in [6.45, 7) is 6.64. The van der Waals surface area contributed by atoms with Crippen molar-refractivity contribution in [2.45, 2.75) is 109 Å². The van der Waals surface area contributed by atoms with Gasteiger partial charge in [-0.1, -0.05) is 19.3 Å². The van der Waals surface area contributed by atoms with Gasteiger partial charge in [-0.3, -0.25) is 14.4 Å². The molecular formula is C28H37F3N2O4. The summed E-state index contributed by atoms with van der Waals surface area (Å²) >= 11 is 0. The van der Waals surface area contributed by atoms with Crippen LogP contribution < -0.4 is 9.64 Å². The second-order valence-corrected chi connectivity index (χ2v) is 11.5. The number of benzene rings is 1. The van der Waals surface area contributed by atoms with Gasteiger partial charge in [0.05, 0.1) is 16.8 Å². The van der Waals surface area contributed by atoms with Crippen LogP contribution in [-0.2, 0) is 15.8 Å². The highest BCUT2D eigenvalue weighted by molar-refractivity contribution is 6.05. The summed E-state index contributed by atoms with van der Waals surface area (Å²) < 4.78 is 48.6. The first kappa shape index (κ1) is 27.5. The number of nitrogens with zero attached hydrogens (tertiary/aromatic N) is 2. The quantitative estimate of drug-likeness (QED) is 0.411. The van der Waals surface area contributed by atoms with Crippen molar-refractivity contribution in [3.63, 3.8) is 0 Å². The van der Waals surface area contributed by atoms with E-state index in [0.29, 0.717) is 12.3 Å². The van der Waals surface area contributed by atoms with Crippen molar-refractivity contribution in [3.05, 3.63) is 23.3 Å². The average Bonchev–Trinajstić information content (AvgIpc) is 3.62. The number of hydrogen-bond donors (Lipinski definition) is 0. The Morgan fingerprint density at radius 2 is 1.76 bits per heavy atom. The van der Waals surface area contributed by atoms with E-state index in [1.54, 1.807) is 4.90 Å². The summed E-state index contributed by atoms with van der Waals surface area (Å²) in [5, 5.41) is 0. The zero-order chi connectivity index (χ0) is 27.1. The molecule has 1 aromatic carbocycles. The number of carbonyl (C=O) groups is 3. The number of alkyl halides is 3. The molecule has 37 heavy (non-hydrogen) atoms. The lowest BCUT2D eigenvalue weighted by atomic mass is 9.92. The number of rotatable bonds is 8. The summed E-state index contributed by atoms with van der Waals surface area (Å²) in [7, 11) is 0. The highest BCUT2D eigenvalue weighted by Crippen LogP contribution is 2.45. The molecule has 0 aromatic heterocycles. The largest absolute Gasteiger partial charge is 0.476 e. The van der Waals surface area contributed by atoms with Crippen molar-refractivity contribution >= 4 is 23.3 Å². The molecule has 2 saturated carbocycles. The molecule has 6 nitrogen and oxygen atoms in total. The van der Waals surface area contributed by atoms with Gasteiger partial charge >= 0.3 is 6.18 Å². The highest BCUT2D eigenvalue weighted by atomic mass is 19.4. The van der Waals surface area contributed by atoms with Crippen LogP contribution in [-0.4, -0.2) is 46.7 Å². The number of anilines is 1. The fraction of sp³-hybridized carbons (Fsp3) is 0.679. The van der Waals surface area contributed by atoms with Crippen molar-refractivity contribution in [3.8, 4) is 5.75 Å². The van der Waals surface area contributed by atoms with Crippen molar-refractivity contribution in [1.29, 1.82) is 0 Å². The van der Waals surface area contributed by atoms with Gasteiger partial charge in [-0.15, -0.1) is 0 Å². The van der Waals surface area contributed by atoms with Gasteiger partial charge in [-0.2, -0.15) is 13.2 Å². The van der Waals surface area contributed by atoms with Crippen molar-refractivity contribution < 1.29 is 32.3 Å². The van der Waals surface area contributed by atoms with Gasteiger partial charge in [0.25, 0.3) is 11.8 Å². The number of ether oxygens (including phenoxy) is 1. The van der Waals surface area contributed by atoms with E-state index >= 15 is 0 Å². The van der Waals surface area contributed by atoms with Crippen LogP contribution >= 0.6 is 0 Å². The first-order chi connectivity index (χ1) is 17.3. The molecule has 1 aromatic rings. The van der Waals surface area contributed by atoms with Crippen LogP contribution in [0.2, 0.25) is 0 Å². The number of carbonyl (C=O) groups excluding carboxylic acids is 3. The SMILES string of the molecule is CC(C)N(C(=O)c1cc2c(cc1C(F)(F)F)OC(C)(C)C(=O)N2CCC(=O)CC1CC1)C1CCCCC1. The van der Waals surface area contributed by atoms with E-state index in [4.69, 9.17) is 4.74 Å². The number of amides is 2. The van der Waals surface area contributed by atoms with Crippen LogP contribution in [0.5, 0.6) is 5.75 Å². The summed E-state index contributed by atoms with van der Waals surface area (Å²) in [6.07, 6.45) is 2.21. The minimum atomic E-state index is -4.80. The summed E-state index contributed by atoms with van der Waals surface area (Å²) in [6, 6.07) is 1.57. The Bertz CT molecular complexity index is 1060. The molecule has 0 radical (unpaired) electrons. The third-order valence-corrected chi connectivity index (χ3v) is 7.64. The van der Waals surface area contributed by atoms with Crippen LogP contribution in [0.3, 0.4) is 0 Å². The third kappa shape index (κ3) is 5.96. The predicted octanol–water partition coefficient (Wildman–Crippen LogP) is 6.15. The van der Waals surface area contributed by atoms with Gasteiger partial charge < -0.3 is 14.5 Å². The molecule has 0 unspecified atom stereocenters. The molecule has 204 valence electrons. The standard InChI is InChI=1S/C28H37F3N2O4/c1-17(2)33(19-8-6-5-7-9-19)25(35)21-15-23-24(16-22(21)28(29,30)31)37-27(3,4)26(36)32(23)13-12-20(34)14-18-10-11-18/h15-19H,5-14H2,1-4H3. The summed E-state index contributed by atoms with van der Waals surface area (Å²) in [5.74, 6) is -0.842. The molecule has 2 amide bonds. The van der Waals surface area contributed by atoms with Crippen molar-refractivity contribution in [1.82, 2.24) is 4.90 Å². The molecule has 0 saturated heterocycles. The average molecular weight is 523 g/mol. The Hall–Kier alpha value is -2.58. The molecule has 0 spiro atoms. The van der Waals surface area contributed by atoms with E-state index in [2.05, 4.69) is 0 Å². The van der Waals surface area contributed by atoms with Crippen LogP contribution in [0.15, 0.2) is 12.1 Å². The molecule has 0 bridgehead atoms. The Morgan fingerprint density at radius 1 is 1.11 bits per heavy atom.